The van der Waals surface area contributed by atoms with Gasteiger partial charge < -0.3 is 14.6 Å². The summed E-state index contributed by atoms with van der Waals surface area (Å²) in [5, 5.41) is 14.6. The molecule has 0 unspecified atom stereocenters. The second kappa shape index (κ2) is 9.64. The molecule has 0 bridgehead atoms. The van der Waals surface area contributed by atoms with Gasteiger partial charge in [0.15, 0.2) is 0 Å². The van der Waals surface area contributed by atoms with E-state index in [1.165, 1.54) is 29.3 Å². The highest BCUT2D eigenvalue weighted by atomic mass is 35.5. The quantitative estimate of drug-likeness (QED) is 0.325. The highest BCUT2D eigenvalue weighted by Crippen LogP contribution is 2.24. The van der Waals surface area contributed by atoms with E-state index >= 15 is 0 Å². The summed E-state index contributed by atoms with van der Waals surface area (Å²) in [7, 11) is 0. The van der Waals surface area contributed by atoms with Crippen molar-refractivity contribution in [3.63, 3.8) is 0 Å². The highest BCUT2D eigenvalue weighted by molar-refractivity contribution is 6.32. The number of nitrogens with one attached hydrogen (secondary N) is 1. The molecule has 0 saturated carbocycles. The molecule has 0 radical (unpaired) electrons. The van der Waals surface area contributed by atoms with Gasteiger partial charge in [-0.2, -0.15) is 5.10 Å². The zero-order chi connectivity index (χ0) is 24.4. The van der Waals surface area contributed by atoms with Gasteiger partial charge in [0.25, 0.3) is 5.91 Å². The molecule has 0 saturated heterocycles. The number of aromatic nitrogens is 1. The van der Waals surface area contributed by atoms with Crippen LogP contribution in [0.15, 0.2) is 78.0 Å². The van der Waals surface area contributed by atoms with Crippen molar-refractivity contribution in [1.82, 2.24) is 14.9 Å². The Morgan fingerprint density at radius 3 is 2.71 bits per heavy atom. The van der Waals surface area contributed by atoms with Gasteiger partial charge in [0.05, 0.1) is 11.2 Å². The molecule has 176 valence electrons. The molecule has 7 nitrogen and oxygen atoms in total. The molecule has 1 aliphatic heterocycles. The lowest BCUT2D eigenvalue weighted by Crippen LogP contribution is -2.37. The third kappa shape index (κ3) is 4.76. The zero-order valence-electron chi connectivity index (χ0n) is 18.8. The number of benzene rings is 3. The molecule has 2 heterocycles. The van der Waals surface area contributed by atoms with Gasteiger partial charge in [-0.05, 0) is 47.9 Å². The minimum atomic E-state index is -0.443. The average molecular weight is 487 g/mol. The van der Waals surface area contributed by atoms with Crippen LogP contribution in [-0.4, -0.2) is 39.1 Å². The number of hydrogen-bond acceptors (Lipinski definition) is 4. The van der Waals surface area contributed by atoms with E-state index in [0.29, 0.717) is 6.54 Å². The van der Waals surface area contributed by atoms with Gasteiger partial charge >= 0.3 is 0 Å². The minimum Gasteiger partial charge on any atom is -0.506 e. The molecule has 0 atom stereocenters. The molecule has 0 aliphatic carbocycles. The number of nitrogens with zero attached hydrogens (tertiary/aromatic N) is 3. The van der Waals surface area contributed by atoms with E-state index in [4.69, 9.17) is 11.6 Å². The first-order valence-electron chi connectivity index (χ1n) is 11.2. The lowest BCUT2D eigenvalue weighted by Gasteiger charge is -2.29. The molecule has 1 aliphatic rings. The maximum Gasteiger partial charge on any atom is 0.271 e. The maximum absolute atomic E-state index is 13.0. The predicted octanol–water partition coefficient (Wildman–Crippen LogP) is 4.35. The molecule has 8 heteroatoms. The third-order valence-electron chi connectivity index (χ3n) is 6.22. The second-order valence-electron chi connectivity index (χ2n) is 8.42. The van der Waals surface area contributed by atoms with E-state index in [2.05, 4.69) is 22.7 Å². The van der Waals surface area contributed by atoms with Crippen LogP contribution < -0.4 is 5.43 Å². The van der Waals surface area contributed by atoms with E-state index in [9.17, 15) is 14.7 Å². The fourth-order valence-electron chi connectivity index (χ4n) is 4.33. The Balaban J connectivity index is 1.28. The maximum atomic E-state index is 13.0. The first kappa shape index (κ1) is 22.7. The molecule has 3 aromatic carbocycles. The average Bonchev–Trinajstić information content (AvgIpc) is 3.28. The number of rotatable bonds is 5. The van der Waals surface area contributed by atoms with Gasteiger partial charge in [-0.15, -0.1) is 0 Å². The van der Waals surface area contributed by atoms with Crippen molar-refractivity contribution >= 4 is 40.5 Å². The summed E-state index contributed by atoms with van der Waals surface area (Å²) in [4.78, 5) is 27.2. The molecule has 4 aromatic rings. The SMILES string of the molecule is O=C(N/N=C/c1cccc2c1ccn2CC(=O)N1CCc2ccccc2C1)c1ccc(O)c(Cl)c1. The summed E-state index contributed by atoms with van der Waals surface area (Å²) in [5.41, 5.74) is 7.00. The van der Waals surface area contributed by atoms with Crippen LogP contribution in [0, 0.1) is 0 Å². The number of carbonyl (C=O) groups is 2. The number of fused-ring (bicyclic) bond motifs is 2. The zero-order valence-corrected chi connectivity index (χ0v) is 19.6. The molecule has 1 aromatic heterocycles. The lowest BCUT2D eigenvalue weighted by molar-refractivity contribution is -0.132. The lowest BCUT2D eigenvalue weighted by atomic mass is 10.00. The van der Waals surface area contributed by atoms with E-state index < -0.39 is 5.91 Å². The Morgan fingerprint density at radius 1 is 1.06 bits per heavy atom. The van der Waals surface area contributed by atoms with Crippen LogP contribution in [0.5, 0.6) is 5.75 Å². The smallest absolute Gasteiger partial charge is 0.271 e. The highest BCUT2D eigenvalue weighted by Gasteiger charge is 2.21. The number of aromatic hydroxyl groups is 1. The summed E-state index contributed by atoms with van der Waals surface area (Å²) in [6, 6.07) is 20.1. The van der Waals surface area contributed by atoms with E-state index in [1.54, 1.807) is 6.21 Å². The van der Waals surface area contributed by atoms with Crippen molar-refractivity contribution in [1.29, 1.82) is 0 Å². The van der Waals surface area contributed by atoms with Crippen molar-refractivity contribution in [3.05, 3.63) is 100 Å². The molecule has 35 heavy (non-hydrogen) atoms. The Morgan fingerprint density at radius 2 is 1.89 bits per heavy atom. The van der Waals surface area contributed by atoms with Crippen LogP contribution in [0.1, 0.15) is 27.0 Å². The van der Waals surface area contributed by atoms with Crippen LogP contribution in [0.3, 0.4) is 0 Å². The van der Waals surface area contributed by atoms with Gasteiger partial charge in [-0.25, -0.2) is 5.43 Å². The first-order valence-corrected chi connectivity index (χ1v) is 11.6. The monoisotopic (exact) mass is 486 g/mol. The summed E-state index contributed by atoms with van der Waals surface area (Å²) in [6.45, 7) is 1.61. The van der Waals surface area contributed by atoms with Crippen molar-refractivity contribution in [2.45, 2.75) is 19.5 Å². The molecular formula is C27H23ClN4O3. The standard InChI is InChI=1S/C27H23ClN4O3/c28-23-14-19(8-9-25(23)33)27(35)30-29-15-20-6-3-7-24-22(20)11-13-31(24)17-26(34)32-12-10-18-4-1-2-5-21(18)16-32/h1-9,11,13-15,33H,10,12,16-17H2,(H,30,35)/b29-15+. The number of phenols is 1. The predicted molar refractivity (Wildman–Crippen MR) is 136 cm³/mol. The van der Waals surface area contributed by atoms with E-state index in [0.717, 1.165) is 29.4 Å². The fourth-order valence-corrected chi connectivity index (χ4v) is 4.51. The van der Waals surface area contributed by atoms with Gasteiger partial charge in [0.2, 0.25) is 5.91 Å². The number of halogens is 1. The summed E-state index contributed by atoms with van der Waals surface area (Å²) in [5.74, 6) is -0.455. The third-order valence-corrected chi connectivity index (χ3v) is 6.52. The number of amides is 2. The van der Waals surface area contributed by atoms with E-state index in [-0.39, 0.29) is 28.8 Å². The molecule has 0 spiro atoms. The number of phenolic OH excluding ortho intramolecular Hbond substituents is 1. The van der Waals surface area contributed by atoms with Crippen LogP contribution in [-0.2, 0) is 24.3 Å². The van der Waals surface area contributed by atoms with Gasteiger partial charge in [-0.3, -0.25) is 9.59 Å². The molecule has 2 N–H and O–H groups in total. The largest absolute Gasteiger partial charge is 0.506 e. The normalized spacial score (nSPS) is 13.2. The summed E-state index contributed by atoms with van der Waals surface area (Å²) in [6.07, 6.45) is 4.34. The van der Waals surface area contributed by atoms with Crippen LogP contribution in [0.25, 0.3) is 10.9 Å². The molecule has 5 rings (SSSR count). The number of carbonyl (C=O) groups excluding carboxylic acids is 2. The summed E-state index contributed by atoms with van der Waals surface area (Å²) >= 11 is 5.87. The van der Waals surface area contributed by atoms with Crippen molar-refractivity contribution in [2.75, 3.05) is 6.54 Å². The van der Waals surface area contributed by atoms with Crippen molar-refractivity contribution in [2.24, 2.45) is 5.10 Å². The first-order chi connectivity index (χ1) is 17.0. The van der Waals surface area contributed by atoms with Crippen LogP contribution >= 0.6 is 11.6 Å². The Labute approximate surface area is 207 Å². The van der Waals surface area contributed by atoms with Crippen molar-refractivity contribution in [3.8, 4) is 5.75 Å². The van der Waals surface area contributed by atoms with Crippen LogP contribution in [0.2, 0.25) is 5.02 Å². The number of hydrazone groups is 1. The van der Waals surface area contributed by atoms with Crippen LogP contribution in [0.4, 0.5) is 0 Å². The van der Waals surface area contributed by atoms with Crippen molar-refractivity contribution < 1.29 is 14.7 Å². The topological polar surface area (TPSA) is 86.9 Å². The molecular weight excluding hydrogens is 464 g/mol. The fraction of sp³-hybridized carbons (Fsp3) is 0.148. The summed E-state index contributed by atoms with van der Waals surface area (Å²) < 4.78 is 1.94. The van der Waals surface area contributed by atoms with Gasteiger partial charge in [-0.1, -0.05) is 48.0 Å². The molecule has 0 fully saturated rings. The Kier molecular flexibility index (Phi) is 6.25. The second-order valence-corrected chi connectivity index (χ2v) is 8.83. The number of hydrogen-bond donors (Lipinski definition) is 2. The molecule has 2 amide bonds. The minimum absolute atomic E-state index is 0.0795. The van der Waals surface area contributed by atoms with Gasteiger partial charge in [0, 0.05) is 41.3 Å². The van der Waals surface area contributed by atoms with Gasteiger partial charge in [0.1, 0.15) is 12.3 Å². The Hall–Kier alpha value is -4.10. The Bertz CT molecular complexity index is 1460. The van der Waals surface area contributed by atoms with E-state index in [1.807, 2.05) is 52.1 Å².